The fourth-order valence-corrected chi connectivity index (χ4v) is 2.98. The predicted molar refractivity (Wildman–Crippen MR) is 78.8 cm³/mol. The minimum Gasteiger partial charge on any atom is -0.392 e. The Morgan fingerprint density at radius 1 is 1.45 bits per heavy atom. The lowest BCUT2D eigenvalue weighted by Gasteiger charge is -2.29. The Morgan fingerprint density at radius 2 is 2.35 bits per heavy atom. The van der Waals surface area contributed by atoms with Crippen molar-refractivity contribution < 1.29 is 5.11 Å². The Balaban J connectivity index is 1.61. The van der Waals surface area contributed by atoms with E-state index in [1.165, 1.54) is 0 Å². The summed E-state index contributed by atoms with van der Waals surface area (Å²) in [5.74, 6) is 0. The van der Waals surface area contributed by atoms with Gasteiger partial charge in [0.15, 0.2) is 0 Å². The van der Waals surface area contributed by atoms with E-state index >= 15 is 0 Å². The molecule has 20 heavy (non-hydrogen) atoms. The number of halogens is 1. The number of imidazole rings is 1. The van der Waals surface area contributed by atoms with Crippen LogP contribution in [-0.2, 0) is 6.54 Å². The molecule has 3 heterocycles. The van der Waals surface area contributed by atoms with Gasteiger partial charge in [-0.2, -0.15) is 0 Å². The largest absolute Gasteiger partial charge is 0.392 e. The molecule has 0 aliphatic carbocycles. The molecule has 0 radical (unpaired) electrons. The van der Waals surface area contributed by atoms with Crippen molar-refractivity contribution in [1.29, 1.82) is 0 Å². The van der Waals surface area contributed by atoms with E-state index in [0.717, 1.165) is 49.8 Å². The van der Waals surface area contributed by atoms with Gasteiger partial charge in [0.25, 0.3) is 0 Å². The van der Waals surface area contributed by atoms with Crippen molar-refractivity contribution >= 4 is 22.6 Å². The maximum Gasteiger partial charge on any atom is 0.131 e. The second-order valence-corrected chi connectivity index (χ2v) is 5.73. The van der Waals surface area contributed by atoms with Crippen molar-refractivity contribution in [3.8, 4) is 0 Å². The van der Waals surface area contributed by atoms with Gasteiger partial charge in [-0.1, -0.05) is 11.6 Å². The van der Waals surface area contributed by atoms with Crippen molar-refractivity contribution in [3.05, 3.63) is 23.7 Å². The lowest BCUT2D eigenvalue weighted by molar-refractivity contribution is 0.0909. The molecule has 1 aliphatic heterocycles. The highest BCUT2D eigenvalue weighted by atomic mass is 35.5. The molecule has 3 rings (SSSR count). The van der Waals surface area contributed by atoms with Crippen LogP contribution in [0.3, 0.4) is 0 Å². The summed E-state index contributed by atoms with van der Waals surface area (Å²) >= 11 is 5.93. The zero-order valence-electron chi connectivity index (χ0n) is 11.3. The highest BCUT2D eigenvalue weighted by molar-refractivity contribution is 6.29. The van der Waals surface area contributed by atoms with Crippen molar-refractivity contribution in [2.75, 3.05) is 6.54 Å². The normalized spacial score (nSPS) is 23.3. The van der Waals surface area contributed by atoms with E-state index in [-0.39, 0.29) is 12.1 Å². The molecule has 0 aromatic carbocycles. The van der Waals surface area contributed by atoms with Crippen LogP contribution in [0.25, 0.3) is 11.0 Å². The van der Waals surface area contributed by atoms with E-state index in [0.29, 0.717) is 5.15 Å². The number of fused-ring (bicyclic) bond motifs is 1. The molecule has 0 amide bonds. The molecule has 0 spiro atoms. The minimum absolute atomic E-state index is 0.207. The van der Waals surface area contributed by atoms with Crippen LogP contribution in [0.15, 0.2) is 18.6 Å². The molecular weight excluding hydrogens is 276 g/mol. The maximum atomic E-state index is 9.93. The van der Waals surface area contributed by atoms with E-state index in [1.807, 2.05) is 12.4 Å². The molecule has 1 fully saturated rings. The van der Waals surface area contributed by atoms with Crippen LogP contribution in [-0.4, -0.2) is 38.3 Å². The molecule has 2 N–H and O–H groups in total. The highest BCUT2D eigenvalue weighted by Gasteiger charge is 2.21. The number of piperidine rings is 1. The number of nitrogens with one attached hydrogen (secondary N) is 1. The minimum atomic E-state index is -0.207. The standard InChI is InChI=1S/C14H19ClN4O/c15-14-7-12-11(8-17-14)18-9-19(12)6-2-3-10-13(20)4-1-5-16-10/h7-10,13,16,20H,1-6H2/t10-,13+/m1/s1. The molecular formula is C14H19ClN4O. The van der Waals surface area contributed by atoms with Crippen LogP contribution in [0.4, 0.5) is 0 Å². The Labute approximate surface area is 123 Å². The summed E-state index contributed by atoms with van der Waals surface area (Å²) < 4.78 is 2.10. The molecule has 5 nitrogen and oxygen atoms in total. The van der Waals surface area contributed by atoms with Crippen molar-refractivity contribution in [1.82, 2.24) is 19.9 Å². The van der Waals surface area contributed by atoms with E-state index in [4.69, 9.17) is 11.6 Å². The summed E-state index contributed by atoms with van der Waals surface area (Å²) in [5, 5.41) is 13.8. The number of aliphatic hydroxyl groups is 1. The summed E-state index contributed by atoms with van der Waals surface area (Å²) in [6.07, 6.45) is 7.26. The third-order valence-corrected chi connectivity index (χ3v) is 4.14. The van der Waals surface area contributed by atoms with Crippen LogP contribution in [0.5, 0.6) is 0 Å². The van der Waals surface area contributed by atoms with Crippen LogP contribution in [0, 0.1) is 0 Å². The molecule has 2 aromatic heterocycles. The van der Waals surface area contributed by atoms with Gasteiger partial charge in [-0.3, -0.25) is 0 Å². The van der Waals surface area contributed by atoms with Gasteiger partial charge in [-0.25, -0.2) is 9.97 Å². The maximum absolute atomic E-state index is 9.93. The SMILES string of the molecule is O[C@H]1CCCN[C@@H]1CCCn1cnc2cnc(Cl)cc21. The number of hydrogen-bond donors (Lipinski definition) is 2. The number of aromatic nitrogens is 3. The van der Waals surface area contributed by atoms with Gasteiger partial charge in [0, 0.05) is 18.7 Å². The number of rotatable bonds is 4. The van der Waals surface area contributed by atoms with E-state index in [2.05, 4.69) is 19.9 Å². The highest BCUT2D eigenvalue weighted by Crippen LogP contribution is 2.18. The zero-order valence-corrected chi connectivity index (χ0v) is 12.1. The molecule has 0 saturated carbocycles. The number of aryl methyl sites for hydroxylation is 1. The molecule has 1 saturated heterocycles. The first-order valence-corrected chi connectivity index (χ1v) is 7.49. The molecule has 0 unspecified atom stereocenters. The number of nitrogens with zero attached hydrogens (tertiary/aromatic N) is 3. The first-order valence-electron chi connectivity index (χ1n) is 7.12. The summed E-state index contributed by atoms with van der Waals surface area (Å²) in [4.78, 5) is 8.35. The Kier molecular flexibility index (Phi) is 4.19. The second kappa shape index (κ2) is 6.08. The molecule has 0 bridgehead atoms. The first kappa shape index (κ1) is 13.8. The monoisotopic (exact) mass is 294 g/mol. The quantitative estimate of drug-likeness (QED) is 0.847. The number of aliphatic hydroxyl groups excluding tert-OH is 1. The predicted octanol–water partition coefficient (Wildman–Crippen LogP) is 1.98. The molecule has 6 heteroatoms. The lowest BCUT2D eigenvalue weighted by atomic mass is 9.97. The van der Waals surface area contributed by atoms with Crippen molar-refractivity contribution in [3.63, 3.8) is 0 Å². The summed E-state index contributed by atoms with van der Waals surface area (Å²) in [6, 6.07) is 2.07. The van der Waals surface area contributed by atoms with Crippen molar-refractivity contribution in [2.45, 2.75) is 44.4 Å². The summed E-state index contributed by atoms with van der Waals surface area (Å²) in [6.45, 7) is 1.89. The first-order chi connectivity index (χ1) is 9.74. The fourth-order valence-electron chi connectivity index (χ4n) is 2.83. The van der Waals surface area contributed by atoms with Gasteiger partial charge in [0.05, 0.1) is 24.1 Å². The third-order valence-electron chi connectivity index (χ3n) is 3.94. The Bertz CT molecular complexity index is 586. The lowest BCUT2D eigenvalue weighted by Crippen LogP contribution is -2.44. The second-order valence-electron chi connectivity index (χ2n) is 5.35. The van der Waals surface area contributed by atoms with Crippen LogP contribution >= 0.6 is 11.6 Å². The van der Waals surface area contributed by atoms with Crippen LogP contribution < -0.4 is 5.32 Å². The van der Waals surface area contributed by atoms with E-state index < -0.39 is 0 Å². The van der Waals surface area contributed by atoms with Gasteiger partial charge in [0.2, 0.25) is 0 Å². The van der Waals surface area contributed by atoms with Gasteiger partial charge in [-0.05, 0) is 32.2 Å². The van der Waals surface area contributed by atoms with Gasteiger partial charge < -0.3 is 15.0 Å². The molecule has 2 atom stereocenters. The van der Waals surface area contributed by atoms with E-state index in [9.17, 15) is 5.11 Å². The van der Waals surface area contributed by atoms with Gasteiger partial charge in [-0.15, -0.1) is 0 Å². The Morgan fingerprint density at radius 3 is 3.20 bits per heavy atom. The summed E-state index contributed by atoms with van der Waals surface area (Å²) in [5.41, 5.74) is 1.88. The van der Waals surface area contributed by atoms with Crippen molar-refractivity contribution in [2.24, 2.45) is 0 Å². The average molecular weight is 295 g/mol. The summed E-state index contributed by atoms with van der Waals surface area (Å²) in [7, 11) is 0. The third kappa shape index (κ3) is 2.95. The van der Waals surface area contributed by atoms with Crippen LogP contribution in [0.1, 0.15) is 25.7 Å². The van der Waals surface area contributed by atoms with Gasteiger partial charge in [0.1, 0.15) is 10.7 Å². The molecule has 1 aliphatic rings. The zero-order chi connectivity index (χ0) is 13.9. The van der Waals surface area contributed by atoms with Crippen LogP contribution in [0.2, 0.25) is 5.15 Å². The van der Waals surface area contributed by atoms with Gasteiger partial charge >= 0.3 is 0 Å². The molecule has 2 aromatic rings. The fraction of sp³-hybridized carbons (Fsp3) is 0.571. The topological polar surface area (TPSA) is 63.0 Å². The molecule has 108 valence electrons. The number of pyridine rings is 1. The average Bonchev–Trinajstić information content (AvgIpc) is 2.83. The smallest absolute Gasteiger partial charge is 0.131 e. The van der Waals surface area contributed by atoms with E-state index in [1.54, 1.807) is 6.20 Å². The Hall–Kier alpha value is -1.17. The number of hydrogen-bond acceptors (Lipinski definition) is 4.